The van der Waals surface area contributed by atoms with Crippen LogP contribution in [0.1, 0.15) is 35.3 Å². The SMILES string of the molecule is Cn1c(CO)nnc1C1CC(NC(=O)Cc2cccs2)C1. The molecule has 2 aromatic rings. The predicted molar refractivity (Wildman–Crippen MR) is 78.9 cm³/mol. The molecule has 1 fully saturated rings. The molecule has 1 saturated carbocycles. The molecule has 0 spiro atoms. The standard InChI is InChI=1S/C14H18N4O2S/c1-18-12(8-19)16-17-14(18)9-5-10(6-9)15-13(20)7-11-3-2-4-21-11/h2-4,9-10,19H,5-8H2,1H3,(H,15,20). The molecule has 0 atom stereocenters. The van der Waals surface area contributed by atoms with Gasteiger partial charge in [0.25, 0.3) is 0 Å². The molecular weight excluding hydrogens is 288 g/mol. The lowest BCUT2D eigenvalue weighted by Crippen LogP contribution is -2.44. The summed E-state index contributed by atoms with van der Waals surface area (Å²) in [6.07, 6.45) is 2.22. The summed E-state index contributed by atoms with van der Waals surface area (Å²) in [5.74, 6) is 1.86. The first-order valence-corrected chi connectivity index (χ1v) is 7.86. The third kappa shape index (κ3) is 2.98. The van der Waals surface area contributed by atoms with Gasteiger partial charge in [0.2, 0.25) is 5.91 Å². The lowest BCUT2D eigenvalue weighted by Gasteiger charge is -2.35. The molecule has 0 aliphatic heterocycles. The molecule has 112 valence electrons. The Morgan fingerprint density at radius 3 is 2.95 bits per heavy atom. The molecule has 1 amide bonds. The molecule has 2 aromatic heterocycles. The molecule has 0 saturated heterocycles. The van der Waals surface area contributed by atoms with Crippen LogP contribution in [0.5, 0.6) is 0 Å². The van der Waals surface area contributed by atoms with Crippen molar-refractivity contribution in [1.82, 2.24) is 20.1 Å². The van der Waals surface area contributed by atoms with Gasteiger partial charge < -0.3 is 15.0 Å². The highest BCUT2D eigenvalue weighted by molar-refractivity contribution is 7.10. The second kappa shape index (κ2) is 5.95. The number of thiophene rings is 1. The van der Waals surface area contributed by atoms with Crippen LogP contribution in [0.25, 0.3) is 0 Å². The van der Waals surface area contributed by atoms with Crippen LogP contribution < -0.4 is 5.32 Å². The fourth-order valence-corrected chi connectivity index (χ4v) is 3.37. The zero-order valence-corrected chi connectivity index (χ0v) is 12.6. The van der Waals surface area contributed by atoms with Crippen LogP contribution in [0.4, 0.5) is 0 Å². The Hall–Kier alpha value is -1.73. The molecule has 1 aliphatic rings. The van der Waals surface area contributed by atoms with Gasteiger partial charge in [-0.05, 0) is 24.3 Å². The van der Waals surface area contributed by atoms with Gasteiger partial charge in [-0.25, -0.2) is 0 Å². The molecule has 0 unspecified atom stereocenters. The zero-order chi connectivity index (χ0) is 14.8. The summed E-state index contributed by atoms with van der Waals surface area (Å²) in [6.45, 7) is -0.100. The third-order valence-electron chi connectivity index (χ3n) is 3.92. The maximum atomic E-state index is 11.9. The number of hydrogen-bond donors (Lipinski definition) is 2. The van der Waals surface area contributed by atoms with Crippen LogP contribution in [0.15, 0.2) is 17.5 Å². The van der Waals surface area contributed by atoms with E-state index in [1.54, 1.807) is 11.3 Å². The Morgan fingerprint density at radius 1 is 1.52 bits per heavy atom. The highest BCUT2D eigenvalue weighted by atomic mass is 32.1. The average molecular weight is 306 g/mol. The number of hydrogen-bond acceptors (Lipinski definition) is 5. The van der Waals surface area contributed by atoms with E-state index in [1.165, 1.54) is 0 Å². The lowest BCUT2D eigenvalue weighted by atomic mass is 9.79. The summed E-state index contributed by atoms with van der Waals surface area (Å²) < 4.78 is 1.84. The fraction of sp³-hybridized carbons (Fsp3) is 0.500. The summed E-state index contributed by atoms with van der Waals surface area (Å²) in [6, 6.07) is 4.15. The number of nitrogens with one attached hydrogen (secondary N) is 1. The normalized spacial score (nSPS) is 21.0. The molecule has 7 heteroatoms. The van der Waals surface area contributed by atoms with Crippen molar-refractivity contribution in [1.29, 1.82) is 0 Å². The van der Waals surface area contributed by atoms with Crippen molar-refractivity contribution in [3.8, 4) is 0 Å². The van der Waals surface area contributed by atoms with Gasteiger partial charge in [-0.15, -0.1) is 21.5 Å². The van der Waals surface area contributed by atoms with E-state index in [4.69, 9.17) is 5.11 Å². The minimum Gasteiger partial charge on any atom is -0.388 e. The van der Waals surface area contributed by atoms with E-state index in [9.17, 15) is 4.79 Å². The van der Waals surface area contributed by atoms with Crippen molar-refractivity contribution in [3.63, 3.8) is 0 Å². The predicted octanol–water partition coefficient (Wildman–Crippen LogP) is 0.974. The van der Waals surface area contributed by atoms with Crippen LogP contribution in [0, 0.1) is 0 Å². The van der Waals surface area contributed by atoms with Crippen LogP contribution in [0.2, 0.25) is 0 Å². The average Bonchev–Trinajstić information content (AvgIpc) is 3.03. The number of nitrogens with zero attached hydrogens (tertiary/aromatic N) is 3. The van der Waals surface area contributed by atoms with E-state index in [1.807, 2.05) is 29.1 Å². The Morgan fingerprint density at radius 2 is 2.33 bits per heavy atom. The number of rotatable bonds is 5. The van der Waals surface area contributed by atoms with Crippen molar-refractivity contribution in [2.45, 2.75) is 37.8 Å². The number of aliphatic hydroxyl groups excluding tert-OH is 1. The van der Waals surface area contributed by atoms with Gasteiger partial charge in [0, 0.05) is 23.9 Å². The largest absolute Gasteiger partial charge is 0.388 e. The second-order valence-corrected chi connectivity index (χ2v) is 6.41. The number of amides is 1. The summed E-state index contributed by atoms with van der Waals surface area (Å²) in [5, 5.41) is 22.2. The highest BCUT2D eigenvalue weighted by Gasteiger charge is 2.34. The quantitative estimate of drug-likeness (QED) is 0.863. The van der Waals surface area contributed by atoms with Crippen molar-refractivity contribution in [2.24, 2.45) is 7.05 Å². The highest BCUT2D eigenvalue weighted by Crippen LogP contribution is 2.35. The number of aliphatic hydroxyl groups is 1. The third-order valence-corrected chi connectivity index (χ3v) is 4.80. The van der Waals surface area contributed by atoms with Gasteiger partial charge in [0.15, 0.2) is 5.82 Å². The van der Waals surface area contributed by atoms with E-state index in [2.05, 4.69) is 15.5 Å². The van der Waals surface area contributed by atoms with Gasteiger partial charge in [0.1, 0.15) is 12.4 Å². The number of carbonyl (C=O) groups is 1. The van der Waals surface area contributed by atoms with Gasteiger partial charge in [-0.3, -0.25) is 4.79 Å². The smallest absolute Gasteiger partial charge is 0.225 e. The van der Waals surface area contributed by atoms with Gasteiger partial charge in [0.05, 0.1) is 6.42 Å². The van der Waals surface area contributed by atoms with E-state index in [-0.39, 0.29) is 18.6 Å². The molecule has 0 aromatic carbocycles. The number of aromatic nitrogens is 3. The monoisotopic (exact) mass is 306 g/mol. The minimum atomic E-state index is -0.100. The summed E-state index contributed by atoms with van der Waals surface area (Å²) in [7, 11) is 1.86. The van der Waals surface area contributed by atoms with E-state index in [0.717, 1.165) is 23.5 Å². The molecule has 0 bridgehead atoms. The Labute approximate surface area is 126 Å². The Balaban J connectivity index is 1.49. The van der Waals surface area contributed by atoms with E-state index < -0.39 is 0 Å². The van der Waals surface area contributed by atoms with E-state index in [0.29, 0.717) is 18.2 Å². The minimum absolute atomic E-state index is 0.0786. The van der Waals surface area contributed by atoms with Gasteiger partial charge in [-0.2, -0.15) is 0 Å². The molecule has 2 heterocycles. The fourth-order valence-electron chi connectivity index (χ4n) is 2.67. The maximum absolute atomic E-state index is 11.9. The first-order valence-electron chi connectivity index (χ1n) is 6.98. The molecule has 2 N–H and O–H groups in total. The van der Waals surface area contributed by atoms with Crippen LogP contribution in [0.3, 0.4) is 0 Å². The van der Waals surface area contributed by atoms with Crippen LogP contribution in [-0.2, 0) is 24.9 Å². The maximum Gasteiger partial charge on any atom is 0.225 e. The van der Waals surface area contributed by atoms with Gasteiger partial charge in [-0.1, -0.05) is 6.07 Å². The Bertz CT molecular complexity index is 617. The molecule has 1 aliphatic carbocycles. The van der Waals surface area contributed by atoms with Crippen molar-refractivity contribution < 1.29 is 9.90 Å². The van der Waals surface area contributed by atoms with Crippen LogP contribution in [-0.4, -0.2) is 31.8 Å². The summed E-state index contributed by atoms with van der Waals surface area (Å²) >= 11 is 1.60. The first-order chi connectivity index (χ1) is 10.2. The second-order valence-electron chi connectivity index (χ2n) is 5.38. The van der Waals surface area contributed by atoms with E-state index >= 15 is 0 Å². The summed E-state index contributed by atoms with van der Waals surface area (Å²) in [5.41, 5.74) is 0. The zero-order valence-electron chi connectivity index (χ0n) is 11.8. The van der Waals surface area contributed by atoms with Crippen molar-refractivity contribution >= 4 is 17.2 Å². The molecular formula is C14H18N4O2S. The lowest BCUT2D eigenvalue weighted by molar-refractivity contribution is -0.121. The Kier molecular flexibility index (Phi) is 4.03. The van der Waals surface area contributed by atoms with Crippen molar-refractivity contribution in [2.75, 3.05) is 0 Å². The molecule has 3 rings (SSSR count). The molecule has 0 radical (unpaired) electrons. The number of carbonyl (C=O) groups excluding carboxylic acids is 1. The van der Waals surface area contributed by atoms with Gasteiger partial charge >= 0.3 is 0 Å². The molecule has 6 nitrogen and oxygen atoms in total. The topological polar surface area (TPSA) is 80.0 Å². The van der Waals surface area contributed by atoms with Crippen LogP contribution >= 0.6 is 11.3 Å². The summed E-state index contributed by atoms with van der Waals surface area (Å²) in [4.78, 5) is 13.0. The first kappa shape index (κ1) is 14.2. The molecule has 21 heavy (non-hydrogen) atoms. The van der Waals surface area contributed by atoms with Crippen molar-refractivity contribution in [3.05, 3.63) is 34.0 Å².